The van der Waals surface area contributed by atoms with Crippen molar-refractivity contribution in [2.45, 2.75) is 38.7 Å². The summed E-state index contributed by atoms with van der Waals surface area (Å²) in [5.74, 6) is -0.501. The number of ether oxygens (including phenoxy) is 3. The molecule has 0 spiro atoms. The van der Waals surface area contributed by atoms with E-state index in [2.05, 4.69) is 0 Å². The molecule has 0 saturated heterocycles. The lowest BCUT2D eigenvalue weighted by molar-refractivity contribution is -0.169. The van der Waals surface area contributed by atoms with Gasteiger partial charge in [0.25, 0.3) is 0 Å². The normalized spacial score (nSPS) is 15.5. The zero-order valence-electron chi connectivity index (χ0n) is 25.7. The van der Waals surface area contributed by atoms with Gasteiger partial charge in [-0.05, 0) is 59.9 Å². The highest BCUT2D eigenvalue weighted by atomic mass is 35.5. The minimum Gasteiger partial charge on any atom is -0.468 e. The second-order valence-corrected chi connectivity index (χ2v) is 11.6. The molecule has 0 saturated carbocycles. The van der Waals surface area contributed by atoms with Gasteiger partial charge in [-0.3, -0.25) is 9.59 Å². The highest BCUT2D eigenvalue weighted by molar-refractivity contribution is 6.30. The van der Waals surface area contributed by atoms with E-state index in [0.717, 1.165) is 33.4 Å². The molecule has 7 nitrogen and oxygen atoms in total. The molecule has 1 heterocycles. The average Bonchev–Trinajstić information content (AvgIpc) is 3.44. The van der Waals surface area contributed by atoms with Crippen LogP contribution in [0.25, 0.3) is 22.5 Å². The molecule has 232 valence electrons. The summed E-state index contributed by atoms with van der Waals surface area (Å²) in [6.45, 7) is 1.55. The first-order chi connectivity index (χ1) is 21.7. The average molecular weight is 627 g/mol. The van der Waals surface area contributed by atoms with Crippen molar-refractivity contribution in [1.82, 2.24) is 0 Å². The third-order valence-corrected chi connectivity index (χ3v) is 8.59. The summed E-state index contributed by atoms with van der Waals surface area (Å²) in [5.41, 5.74) is 3.77. The van der Waals surface area contributed by atoms with E-state index in [1.165, 1.54) is 14.2 Å². The Hall–Kier alpha value is -4.46. The number of Topliss-reactive ketones (excluding diaryl/α,β-unsaturated/α-hetero) is 1. The molecule has 0 bridgehead atoms. The number of methoxy groups -OCH3 is 3. The first kappa shape index (κ1) is 31.9. The molecular formula is C37H35ClO7. The van der Waals surface area contributed by atoms with Gasteiger partial charge in [-0.25, -0.2) is 0 Å². The summed E-state index contributed by atoms with van der Waals surface area (Å²) in [6, 6.07) is 26.7. The van der Waals surface area contributed by atoms with Crippen molar-refractivity contribution in [2.24, 2.45) is 5.41 Å². The molecule has 0 radical (unpaired) electrons. The quantitative estimate of drug-likeness (QED) is 0.130. The summed E-state index contributed by atoms with van der Waals surface area (Å²) in [4.78, 5) is 39.5. The molecule has 0 fully saturated rings. The summed E-state index contributed by atoms with van der Waals surface area (Å²) < 4.78 is 23.4. The van der Waals surface area contributed by atoms with Gasteiger partial charge >= 0.3 is 11.9 Å². The fourth-order valence-corrected chi connectivity index (χ4v) is 6.35. The number of carbonyl (C=O) groups is 3. The molecule has 0 amide bonds. The molecule has 3 aromatic carbocycles. The Morgan fingerprint density at radius 1 is 0.822 bits per heavy atom. The lowest BCUT2D eigenvalue weighted by atomic mass is 9.68. The largest absolute Gasteiger partial charge is 0.468 e. The van der Waals surface area contributed by atoms with E-state index in [1.54, 1.807) is 26.2 Å². The number of rotatable bonds is 10. The maximum atomic E-state index is 13.6. The fraction of sp³-hybridized carbons (Fsp3) is 0.270. The van der Waals surface area contributed by atoms with Gasteiger partial charge in [-0.15, -0.1) is 0 Å². The Labute approximate surface area is 267 Å². The Balaban J connectivity index is 1.93. The summed E-state index contributed by atoms with van der Waals surface area (Å²) in [6.07, 6.45) is -0.0644. The van der Waals surface area contributed by atoms with Crippen molar-refractivity contribution < 1.29 is 33.0 Å². The van der Waals surface area contributed by atoms with Crippen LogP contribution in [-0.2, 0) is 35.0 Å². The smallest absolute Gasteiger partial charge is 0.324 e. The molecule has 0 N–H and O–H groups in total. The van der Waals surface area contributed by atoms with Gasteiger partial charge in [0.2, 0.25) is 0 Å². The molecule has 1 unspecified atom stereocenters. The predicted octanol–water partition coefficient (Wildman–Crippen LogP) is 7.89. The van der Waals surface area contributed by atoms with Crippen LogP contribution in [0.15, 0.2) is 89.3 Å². The van der Waals surface area contributed by atoms with E-state index in [4.69, 9.17) is 30.2 Å². The third-order valence-electron chi connectivity index (χ3n) is 8.33. The highest BCUT2D eigenvalue weighted by Gasteiger charge is 2.54. The van der Waals surface area contributed by atoms with Crippen LogP contribution in [0, 0.1) is 5.41 Å². The van der Waals surface area contributed by atoms with Gasteiger partial charge in [-0.1, -0.05) is 72.3 Å². The second-order valence-electron chi connectivity index (χ2n) is 11.1. The van der Waals surface area contributed by atoms with Gasteiger partial charge in [0.15, 0.2) is 5.41 Å². The number of halogens is 1. The van der Waals surface area contributed by atoms with Crippen LogP contribution < -0.4 is 0 Å². The van der Waals surface area contributed by atoms with Gasteiger partial charge in [0, 0.05) is 48.1 Å². The van der Waals surface area contributed by atoms with Crippen LogP contribution in [0.4, 0.5) is 0 Å². The molecule has 8 heteroatoms. The second kappa shape index (κ2) is 13.7. The number of hydrogen-bond acceptors (Lipinski definition) is 7. The number of benzene rings is 3. The maximum Gasteiger partial charge on any atom is 0.324 e. The van der Waals surface area contributed by atoms with E-state index in [0.29, 0.717) is 28.5 Å². The highest BCUT2D eigenvalue weighted by Crippen LogP contribution is 2.53. The number of allylic oxidation sites excluding steroid dienone is 2. The molecular weight excluding hydrogens is 592 g/mol. The van der Waals surface area contributed by atoms with Gasteiger partial charge in [0.1, 0.15) is 23.4 Å². The van der Waals surface area contributed by atoms with E-state index in [9.17, 15) is 14.4 Å². The molecule has 45 heavy (non-hydrogen) atoms. The van der Waals surface area contributed by atoms with Crippen molar-refractivity contribution in [3.8, 4) is 11.3 Å². The van der Waals surface area contributed by atoms with Crippen LogP contribution >= 0.6 is 11.6 Å². The minimum atomic E-state index is -1.72. The van der Waals surface area contributed by atoms with E-state index < -0.39 is 23.5 Å². The van der Waals surface area contributed by atoms with E-state index in [1.807, 2.05) is 72.8 Å². The van der Waals surface area contributed by atoms with Crippen LogP contribution in [0.2, 0.25) is 5.02 Å². The molecule has 1 aliphatic carbocycles. The van der Waals surface area contributed by atoms with Crippen molar-refractivity contribution >= 4 is 40.5 Å². The Morgan fingerprint density at radius 3 is 1.98 bits per heavy atom. The molecule has 0 aliphatic heterocycles. The number of ketones is 1. The van der Waals surface area contributed by atoms with Crippen molar-refractivity contribution in [3.63, 3.8) is 0 Å². The van der Waals surface area contributed by atoms with Gasteiger partial charge in [0.05, 0.1) is 14.2 Å². The first-order valence-corrected chi connectivity index (χ1v) is 15.0. The van der Waals surface area contributed by atoms with Crippen LogP contribution in [0.3, 0.4) is 0 Å². The zero-order valence-corrected chi connectivity index (χ0v) is 26.5. The molecule has 1 aromatic heterocycles. The van der Waals surface area contributed by atoms with Crippen LogP contribution in [-0.4, -0.2) is 39.1 Å². The third kappa shape index (κ3) is 6.23. The number of carbonyl (C=O) groups excluding carboxylic acids is 3. The summed E-state index contributed by atoms with van der Waals surface area (Å²) in [7, 11) is 4.14. The predicted molar refractivity (Wildman–Crippen MR) is 172 cm³/mol. The maximum absolute atomic E-state index is 13.6. The van der Waals surface area contributed by atoms with Gasteiger partial charge in [-0.2, -0.15) is 0 Å². The summed E-state index contributed by atoms with van der Waals surface area (Å²) in [5, 5.41) is 0.564. The lowest BCUT2D eigenvalue weighted by Gasteiger charge is -2.34. The lowest BCUT2D eigenvalue weighted by Crippen LogP contribution is -2.45. The number of fused-ring (bicyclic) bond motifs is 1. The van der Waals surface area contributed by atoms with E-state index in [-0.39, 0.29) is 25.0 Å². The molecule has 1 atom stereocenters. The first-order valence-electron chi connectivity index (χ1n) is 14.7. The van der Waals surface area contributed by atoms with Gasteiger partial charge < -0.3 is 23.4 Å². The van der Waals surface area contributed by atoms with Crippen molar-refractivity contribution in [1.29, 1.82) is 0 Å². The molecule has 4 aromatic rings. The van der Waals surface area contributed by atoms with Crippen molar-refractivity contribution in [3.05, 3.63) is 118 Å². The van der Waals surface area contributed by atoms with Crippen LogP contribution in [0.5, 0.6) is 0 Å². The monoisotopic (exact) mass is 626 g/mol. The zero-order chi connectivity index (χ0) is 32.1. The minimum absolute atomic E-state index is 0.0144. The van der Waals surface area contributed by atoms with Crippen LogP contribution in [0.1, 0.15) is 60.3 Å². The Morgan fingerprint density at radius 2 is 1.42 bits per heavy atom. The Kier molecular flexibility index (Phi) is 9.71. The molecule has 1 aliphatic rings. The number of esters is 2. The SMILES string of the molecule is COC(=O)C1(C(=O)OC)C/C(=C(/CCC(C)=O)c2ccccc2)c2c(oc(-c3ccc(Cl)cc3)c2C(OC)c2ccccc2)C1. The Bertz CT molecular complexity index is 1700. The fourth-order valence-electron chi connectivity index (χ4n) is 6.22. The summed E-state index contributed by atoms with van der Waals surface area (Å²) >= 11 is 6.26. The van der Waals surface area contributed by atoms with E-state index >= 15 is 0 Å². The van der Waals surface area contributed by atoms with Crippen molar-refractivity contribution in [2.75, 3.05) is 21.3 Å². The standard InChI is InChI=1S/C37H35ClO7/c1-23(39)15-20-28(24-11-7-5-8-12-24)29-21-37(35(40)43-3,36(41)44-4)22-30-31(29)32(33(42-2)25-13-9-6-10-14-25)34(45-30)26-16-18-27(38)19-17-26/h5-14,16-19,33H,15,20-22H2,1-4H3/b29-28+. The molecule has 5 rings (SSSR count). The topological polar surface area (TPSA) is 92.0 Å². The number of hydrogen-bond donors (Lipinski definition) is 0. The number of furan rings is 1.